The molecule has 5 rings (SSSR count). The lowest BCUT2D eigenvalue weighted by atomic mass is 9.83. The van der Waals surface area contributed by atoms with Crippen LogP contribution in [0.25, 0.3) is 44.5 Å². The van der Waals surface area contributed by atoms with Gasteiger partial charge >= 0.3 is 0 Å². The van der Waals surface area contributed by atoms with E-state index in [1.165, 1.54) is 50.1 Å². The van der Waals surface area contributed by atoms with Crippen molar-refractivity contribution in [3.8, 4) is 44.5 Å². The number of hydrogen-bond donors (Lipinski definition) is 0. The molecular weight excluding hydrogens is 408 g/mol. The third-order valence-electron chi connectivity index (χ3n) is 6.45. The summed E-state index contributed by atoms with van der Waals surface area (Å²) in [6, 6.07) is 46.0. The van der Waals surface area contributed by atoms with Crippen molar-refractivity contribution in [2.24, 2.45) is 0 Å². The zero-order valence-corrected chi connectivity index (χ0v) is 20.1. The molecule has 0 bridgehead atoms. The first-order valence-electron chi connectivity index (χ1n) is 11.9. The van der Waals surface area contributed by atoms with Gasteiger partial charge in [-0.15, -0.1) is 0 Å². The summed E-state index contributed by atoms with van der Waals surface area (Å²) >= 11 is 0. The SMILES string of the molecule is CC(C)(C)c1cc(-c2ccc(-c3ccccc3)cc2)cc(-c2ccc(-c3ccccc3)cc2)c1. The van der Waals surface area contributed by atoms with Crippen LogP contribution in [0.1, 0.15) is 26.3 Å². The van der Waals surface area contributed by atoms with E-state index < -0.39 is 0 Å². The summed E-state index contributed by atoms with van der Waals surface area (Å²) in [5.41, 5.74) is 11.4. The van der Waals surface area contributed by atoms with Crippen LogP contribution in [0.2, 0.25) is 0 Å². The molecule has 0 atom stereocenters. The monoisotopic (exact) mass is 438 g/mol. The summed E-state index contributed by atoms with van der Waals surface area (Å²) in [6.07, 6.45) is 0. The standard InChI is InChI=1S/C34H30/c1-34(2,3)33-23-31(29-18-14-27(15-19-29)25-10-6-4-7-11-25)22-32(24-33)30-20-16-28(17-21-30)26-12-8-5-9-13-26/h4-24H,1-3H3. The smallest absolute Gasteiger partial charge is 0.0131 e. The highest BCUT2D eigenvalue weighted by Crippen LogP contribution is 2.35. The lowest BCUT2D eigenvalue weighted by molar-refractivity contribution is 0.590. The minimum absolute atomic E-state index is 0.0682. The Morgan fingerprint density at radius 2 is 0.618 bits per heavy atom. The lowest BCUT2D eigenvalue weighted by Crippen LogP contribution is -2.11. The van der Waals surface area contributed by atoms with Crippen molar-refractivity contribution in [2.75, 3.05) is 0 Å². The molecular formula is C34H30. The summed E-state index contributed by atoms with van der Waals surface area (Å²) in [5, 5.41) is 0. The van der Waals surface area contributed by atoms with Crippen LogP contribution < -0.4 is 0 Å². The van der Waals surface area contributed by atoms with Gasteiger partial charge in [0, 0.05) is 0 Å². The fourth-order valence-corrected chi connectivity index (χ4v) is 4.37. The lowest BCUT2D eigenvalue weighted by Gasteiger charge is -2.22. The van der Waals surface area contributed by atoms with Gasteiger partial charge < -0.3 is 0 Å². The molecule has 34 heavy (non-hydrogen) atoms. The zero-order chi connectivity index (χ0) is 23.5. The van der Waals surface area contributed by atoms with Crippen molar-refractivity contribution in [1.29, 1.82) is 0 Å². The van der Waals surface area contributed by atoms with Crippen LogP contribution in [0.15, 0.2) is 127 Å². The predicted octanol–water partition coefficient (Wildman–Crippen LogP) is 9.65. The van der Waals surface area contributed by atoms with Crippen molar-refractivity contribution in [1.82, 2.24) is 0 Å². The maximum Gasteiger partial charge on any atom is -0.0131 e. The van der Waals surface area contributed by atoms with Gasteiger partial charge in [-0.3, -0.25) is 0 Å². The highest BCUT2D eigenvalue weighted by molar-refractivity contribution is 5.77. The Balaban J connectivity index is 1.53. The molecule has 166 valence electrons. The number of benzene rings is 5. The van der Waals surface area contributed by atoms with Crippen LogP contribution in [-0.2, 0) is 5.41 Å². The van der Waals surface area contributed by atoms with E-state index in [1.54, 1.807) is 0 Å². The molecule has 0 heterocycles. The summed E-state index contributed by atoms with van der Waals surface area (Å²) in [7, 11) is 0. The molecule has 0 amide bonds. The Morgan fingerprint density at radius 3 is 0.941 bits per heavy atom. The van der Waals surface area contributed by atoms with Crippen molar-refractivity contribution >= 4 is 0 Å². The van der Waals surface area contributed by atoms with E-state index in [9.17, 15) is 0 Å². The number of rotatable bonds is 4. The van der Waals surface area contributed by atoms with E-state index in [0.717, 1.165) is 0 Å². The molecule has 0 unspecified atom stereocenters. The molecule has 0 saturated heterocycles. The summed E-state index contributed by atoms with van der Waals surface area (Å²) in [6.45, 7) is 6.85. The first-order chi connectivity index (χ1) is 16.5. The Hall–Kier alpha value is -3.90. The minimum atomic E-state index is 0.0682. The molecule has 0 saturated carbocycles. The molecule has 0 nitrogen and oxygen atoms in total. The van der Waals surface area contributed by atoms with E-state index >= 15 is 0 Å². The molecule has 5 aromatic rings. The molecule has 0 radical (unpaired) electrons. The van der Waals surface area contributed by atoms with Crippen LogP contribution in [0.5, 0.6) is 0 Å². The fourth-order valence-electron chi connectivity index (χ4n) is 4.37. The molecule has 0 aliphatic heterocycles. The molecule has 0 spiro atoms. The van der Waals surface area contributed by atoms with Gasteiger partial charge in [-0.2, -0.15) is 0 Å². The Bertz CT molecular complexity index is 1270. The maximum absolute atomic E-state index is 2.35. The van der Waals surface area contributed by atoms with Gasteiger partial charge in [0.25, 0.3) is 0 Å². The summed E-state index contributed by atoms with van der Waals surface area (Å²) < 4.78 is 0. The average Bonchev–Trinajstić information content (AvgIpc) is 2.89. The first-order valence-corrected chi connectivity index (χ1v) is 11.9. The van der Waals surface area contributed by atoms with E-state index in [-0.39, 0.29) is 5.41 Å². The number of hydrogen-bond acceptors (Lipinski definition) is 0. The van der Waals surface area contributed by atoms with Crippen molar-refractivity contribution in [3.05, 3.63) is 133 Å². The Labute approximate surface area is 203 Å². The van der Waals surface area contributed by atoms with Crippen molar-refractivity contribution < 1.29 is 0 Å². The molecule has 5 aromatic carbocycles. The largest absolute Gasteiger partial charge is 0.0622 e. The molecule has 0 aromatic heterocycles. The molecule has 0 N–H and O–H groups in total. The molecule has 0 fully saturated rings. The zero-order valence-electron chi connectivity index (χ0n) is 20.1. The van der Waals surface area contributed by atoms with Crippen molar-refractivity contribution in [3.63, 3.8) is 0 Å². The predicted molar refractivity (Wildman–Crippen MR) is 147 cm³/mol. The molecule has 0 heteroatoms. The van der Waals surface area contributed by atoms with Gasteiger partial charge in [-0.25, -0.2) is 0 Å². The quantitative estimate of drug-likeness (QED) is 0.262. The van der Waals surface area contributed by atoms with Crippen LogP contribution in [-0.4, -0.2) is 0 Å². The highest BCUT2D eigenvalue weighted by Gasteiger charge is 2.16. The second kappa shape index (κ2) is 9.15. The third kappa shape index (κ3) is 4.72. The topological polar surface area (TPSA) is 0 Å². The van der Waals surface area contributed by atoms with Crippen LogP contribution in [0.4, 0.5) is 0 Å². The van der Waals surface area contributed by atoms with E-state index in [1.807, 2.05) is 0 Å². The van der Waals surface area contributed by atoms with Gasteiger partial charge in [-0.05, 0) is 61.6 Å². The fraction of sp³-hybridized carbons (Fsp3) is 0.118. The first kappa shape index (κ1) is 21.9. The van der Waals surface area contributed by atoms with E-state index in [4.69, 9.17) is 0 Å². The van der Waals surface area contributed by atoms with Crippen LogP contribution in [0, 0.1) is 0 Å². The Kier molecular flexibility index (Phi) is 5.90. The minimum Gasteiger partial charge on any atom is -0.0622 e. The molecule has 0 aliphatic rings. The summed E-state index contributed by atoms with van der Waals surface area (Å²) in [5.74, 6) is 0. The van der Waals surface area contributed by atoms with Gasteiger partial charge in [0.15, 0.2) is 0 Å². The highest BCUT2D eigenvalue weighted by atomic mass is 14.2. The molecule has 0 aliphatic carbocycles. The second-order valence-corrected chi connectivity index (χ2v) is 9.94. The van der Waals surface area contributed by atoms with E-state index in [2.05, 4.69) is 148 Å². The Morgan fingerprint density at radius 1 is 0.324 bits per heavy atom. The van der Waals surface area contributed by atoms with Gasteiger partial charge in [-0.1, -0.05) is 142 Å². The third-order valence-corrected chi connectivity index (χ3v) is 6.45. The maximum atomic E-state index is 2.35. The average molecular weight is 439 g/mol. The van der Waals surface area contributed by atoms with Crippen molar-refractivity contribution in [2.45, 2.75) is 26.2 Å². The normalized spacial score (nSPS) is 11.4. The van der Waals surface area contributed by atoms with Crippen LogP contribution >= 0.6 is 0 Å². The summed E-state index contributed by atoms with van der Waals surface area (Å²) in [4.78, 5) is 0. The van der Waals surface area contributed by atoms with Gasteiger partial charge in [0.05, 0.1) is 0 Å². The van der Waals surface area contributed by atoms with Gasteiger partial charge in [0.1, 0.15) is 0 Å². The van der Waals surface area contributed by atoms with E-state index in [0.29, 0.717) is 0 Å². The van der Waals surface area contributed by atoms with Crippen LogP contribution in [0.3, 0.4) is 0 Å². The van der Waals surface area contributed by atoms with Gasteiger partial charge in [0.2, 0.25) is 0 Å². The second-order valence-electron chi connectivity index (χ2n) is 9.94.